The molecule has 0 aromatic rings. The van der Waals surface area contributed by atoms with E-state index < -0.39 is 19.8 Å². The summed E-state index contributed by atoms with van der Waals surface area (Å²) >= 11 is 0. The van der Waals surface area contributed by atoms with E-state index in [1.807, 2.05) is 0 Å². The van der Waals surface area contributed by atoms with Crippen molar-refractivity contribution in [2.75, 3.05) is 0 Å². The molecule has 11 heteroatoms. The number of nitrogens with zero attached hydrogens (tertiary/aromatic N) is 2. The lowest BCUT2D eigenvalue weighted by Gasteiger charge is -2.07. The van der Waals surface area contributed by atoms with Gasteiger partial charge in [0.25, 0.3) is 0 Å². The number of aliphatic carboxylic acids is 1. The topological polar surface area (TPSA) is 201 Å². The van der Waals surface area contributed by atoms with Gasteiger partial charge in [-0.25, -0.2) is 4.57 Å². The molecule has 0 saturated carbocycles. The van der Waals surface area contributed by atoms with E-state index in [0.717, 1.165) is 0 Å². The van der Waals surface area contributed by atoms with Crippen molar-refractivity contribution < 1.29 is 29.1 Å². The van der Waals surface area contributed by atoms with Crippen LogP contribution in [-0.4, -0.2) is 31.8 Å². The van der Waals surface area contributed by atoms with Gasteiger partial charge in [-0.1, -0.05) is 13.8 Å². The quantitative estimate of drug-likeness (QED) is 0.173. The predicted octanol–water partition coefficient (Wildman–Crippen LogP) is 0.00117. The molecule has 0 aliphatic heterocycles. The van der Waals surface area contributed by atoms with Gasteiger partial charge < -0.3 is 25.5 Å². The normalized spacial score (nSPS) is 11.2. The van der Waals surface area contributed by atoms with Crippen molar-refractivity contribution in [3.63, 3.8) is 0 Å². The van der Waals surface area contributed by atoms with Gasteiger partial charge in [0.05, 0.1) is 0 Å². The van der Waals surface area contributed by atoms with Gasteiger partial charge in [-0.15, -0.1) is 5.53 Å². The molecule has 0 aromatic heterocycles. The van der Waals surface area contributed by atoms with E-state index in [9.17, 15) is 4.79 Å². The van der Waals surface area contributed by atoms with E-state index in [1.54, 1.807) is 18.8 Å². The molecule has 0 unspecified atom stereocenters. The second-order valence-corrected chi connectivity index (χ2v) is 3.75. The molecule has 0 bridgehead atoms. The molecule has 0 radical (unpaired) electrons. The van der Waals surface area contributed by atoms with Crippen LogP contribution in [0.15, 0.2) is 0 Å². The lowest BCUT2D eigenvalue weighted by Crippen LogP contribution is -2.34. The maximum absolute atomic E-state index is 10.0. The van der Waals surface area contributed by atoms with Crippen molar-refractivity contribution >= 4 is 13.8 Å². The van der Waals surface area contributed by atoms with E-state index >= 15 is 0 Å². The molecule has 16 heavy (non-hydrogen) atoms. The number of nitrogens with two attached hydrogens (primary N) is 1. The van der Waals surface area contributed by atoms with E-state index in [1.165, 1.54) is 0 Å². The first-order chi connectivity index (χ1) is 6.97. The molecular weight excluding hydrogens is 243 g/mol. The SMILES string of the molecule is CC(C)[C@H](N)C(=O)O.O=P(O)(O)O.[N-]=[N+]=N. The lowest BCUT2D eigenvalue weighted by molar-refractivity contribution is -0.139. The van der Waals surface area contributed by atoms with Gasteiger partial charge >= 0.3 is 13.8 Å². The van der Waals surface area contributed by atoms with Gasteiger partial charge in [-0.05, 0) is 16.4 Å². The number of phosphoric acid groups is 1. The number of hydrogen-bond donors (Lipinski definition) is 6. The molecule has 0 heterocycles. The number of carbonyl (C=O) groups is 1. The standard InChI is InChI=1S/C5H11NO2.HN3.H3O4P/c1-3(2)4(6)5(7)8;1-3-2;1-5(2,3)4/h3-4H,6H2,1-2H3,(H,7,8);1H;(H3,1,2,3,4)/t4-;;/m0../s1. The number of hydrogen-bond acceptors (Lipinski definition) is 4. The minimum absolute atomic E-state index is 0.0208. The zero-order valence-corrected chi connectivity index (χ0v) is 9.57. The molecule has 0 aliphatic rings. The molecule has 0 aliphatic carbocycles. The lowest BCUT2D eigenvalue weighted by atomic mass is 10.1. The Morgan fingerprint density at radius 3 is 1.62 bits per heavy atom. The van der Waals surface area contributed by atoms with E-state index in [4.69, 9.17) is 41.1 Å². The first-order valence-electron chi connectivity index (χ1n) is 3.74. The summed E-state index contributed by atoms with van der Waals surface area (Å²) in [6, 6.07) is -0.713. The summed E-state index contributed by atoms with van der Waals surface area (Å²) in [7, 11) is -4.64. The summed E-state index contributed by atoms with van der Waals surface area (Å²) < 4.78 is 8.88. The fourth-order valence-electron chi connectivity index (χ4n) is 0.285. The third-order valence-corrected chi connectivity index (χ3v) is 1.00. The maximum Gasteiger partial charge on any atom is 0.466 e. The van der Waals surface area contributed by atoms with Crippen LogP contribution in [0.2, 0.25) is 0 Å². The summed E-state index contributed by atoms with van der Waals surface area (Å²) in [5.74, 6) is -0.910. The molecule has 7 N–H and O–H groups in total. The van der Waals surface area contributed by atoms with Crippen molar-refractivity contribution in [1.82, 2.24) is 0 Å². The molecule has 0 spiro atoms. The number of nitrogens with one attached hydrogen (secondary N) is 1. The molecule has 96 valence electrons. The molecule has 10 nitrogen and oxygen atoms in total. The summed E-state index contributed by atoms with van der Waals surface area (Å²) in [5.41, 5.74) is 17.4. The third-order valence-electron chi connectivity index (χ3n) is 1.00. The van der Waals surface area contributed by atoms with Crippen molar-refractivity contribution in [2.45, 2.75) is 19.9 Å². The minimum atomic E-state index is -4.64. The monoisotopic (exact) mass is 258 g/mol. The average molecular weight is 258 g/mol. The Morgan fingerprint density at radius 2 is 1.62 bits per heavy atom. The molecule has 0 amide bonds. The average Bonchev–Trinajstić information content (AvgIpc) is 2.00. The van der Waals surface area contributed by atoms with Crippen LogP contribution >= 0.6 is 7.82 Å². The van der Waals surface area contributed by atoms with Crippen LogP contribution in [0.1, 0.15) is 13.8 Å². The summed E-state index contributed by atoms with van der Waals surface area (Å²) in [5, 5.41) is 8.23. The van der Waals surface area contributed by atoms with E-state index in [0.29, 0.717) is 0 Å². The molecule has 0 saturated heterocycles. The number of carboxylic acids is 1. The van der Waals surface area contributed by atoms with Gasteiger partial charge in [0.2, 0.25) is 0 Å². The third kappa shape index (κ3) is 38.5. The van der Waals surface area contributed by atoms with Crippen molar-refractivity contribution in [2.24, 2.45) is 11.7 Å². The molecule has 1 atom stereocenters. The number of carboxylic acid groups (broad SMARTS) is 1. The van der Waals surface area contributed by atoms with Gasteiger partial charge in [0, 0.05) is 0 Å². The van der Waals surface area contributed by atoms with Gasteiger partial charge in [-0.2, -0.15) is 0 Å². The Bertz CT molecular complexity index is 262. The fourth-order valence-corrected chi connectivity index (χ4v) is 0.285. The maximum atomic E-state index is 10.0. The molecule has 0 rings (SSSR count). The van der Waals surface area contributed by atoms with Crippen LogP contribution in [0.3, 0.4) is 0 Å². The van der Waals surface area contributed by atoms with Gasteiger partial charge in [0.1, 0.15) is 6.04 Å². The van der Waals surface area contributed by atoms with Crippen LogP contribution in [0.5, 0.6) is 0 Å². The van der Waals surface area contributed by atoms with Crippen LogP contribution in [0.4, 0.5) is 0 Å². The molecule has 0 aromatic carbocycles. The number of rotatable bonds is 2. The summed E-state index contributed by atoms with van der Waals surface area (Å²) in [6.07, 6.45) is 0. The molecule has 0 fully saturated rings. The van der Waals surface area contributed by atoms with Crippen molar-refractivity contribution in [3.05, 3.63) is 10.4 Å². The predicted molar refractivity (Wildman–Crippen MR) is 54.1 cm³/mol. The van der Waals surface area contributed by atoms with Crippen LogP contribution < -0.4 is 5.73 Å². The van der Waals surface area contributed by atoms with Crippen molar-refractivity contribution in [1.29, 1.82) is 5.53 Å². The smallest absolute Gasteiger partial charge is 0.466 e. The van der Waals surface area contributed by atoms with Gasteiger partial charge in [-0.3, -0.25) is 4.79 Å². The van der Waals surface area contributed by atoms with Crippen molar-refractivity contribution in [3.8, 4) is 0 Å². The Hall–Kier alpha value is -1.15. The minimum Gasteiger partial charge on any atom is -0.480 e. The Morgan fingerprint density at radius 1 is 1.44 bits per heavy atom. The highest BCUT2D eigenvalue weighted by atomic mass is 31.2. The highest BCUT2D eigenvalue weighted by Crippen LogP contribution is 2.25. The van der Waals surface area contributed by atoms with Crippen LogP contribution in [0.25, 0.3) is 10.4 Å². The fraction of sp³-hybridized carbons (Fsp3) is 0.800. The van der Waals surface area contributed by atoms with Crippen LogP contribution in [-0.2, 0) is 9.36 Å². The highest BCUT2D eigenvalue weighted by Gasteiger charge is 2.14. The Labute approximate surface area is 91.4 Å². The van der Waals surface area contributed by atoms with Gasteiger partial charge in [0.15, 0.2) is 0 Å². The van der Waals surface area contributed by atoms with Crippen LogP contribution in [0, 0.1) is 11.4 Å². The zero-order valence-electron chi connectivity index (χ0n) is 8.68. The first kappa shape index (κ1) is 20.3. The second kappa shape index (κ2) is 10.4. The zero-order chi connectivity index (χ0) is 13.9. The Kier molecular flexibility index (Phi) is 13.1. The second-order valence-electron chi connectivity index (χ2n) is 2.72. The summed E-state index contributed by atoms with van der Waals surface area (Å²) in [4.78, 5) is 33.3. The van der Waals surface area contributed by atoms with E-state index in [-0.39, 0.29) is 5.92 Å². The highest BCUT2D eigenvalue weighted by molar-refractivity contribution is 7.45. The first-order valence-corrected chi connectivity index (χ1v) is 5.31. The molecular formula is C5H15N4O6P. The summed E-state index contributed by atoms with van der Waals surface area (Å²) in [6.45, 7) is 3.55. The van der Waals surface area contributed by atoms with E-state index in [2.05, 4.69) is 0 Å². The largest absolute Gasteiger partial charge is 0.480 e. The Balaban J connectivity index is -0.000000181.